The molecule has 0 radical (unpaired) electrons. The van der Waals surface area contributed by atoms with Crippen molar-refractivity contribution in [1.29, 1.82) is 0 Å². The highest BCUT2D eigenvalue weighted by Crippen LogP contribution is 2.35. The number of halogens is 1. The molecule has 3 rings (SSSR count). The van der Waals surface area contributed by atoms with Crippen molar-refractivity contribution in [3.05, 3.63) is 42.7 Å². The highest BCUT2D eigenvalue weighted by Gasteiger charge is 2.10. The zero-order valence-electron chi connectivity index (χ0n) is 10.0. The van der Waals surface area contributed by atoms with Gasteiger partial charge in [-0.05, 0) is 11.6 Å². The van der Waals surface area contributed by atoms with Gasteiger partial charge < -0.3 is 0 Å². The van der Waals surface area contributed by atoms with E-state index < -0.39 is 0 Å². The van der Waals surface area contributed by atoms with E-state index in [-0.39, 0.29) is 6.67 Å². The monoisotopic (exact) mass is 290 g/mol. The largest absolute Gasteiger partial charge is 0.250 e. The van der Waals surface area contributed by atoms with Gasteiger partial charge in [-0.3, -0.25) is 4.39 Å². The van der Waals surface area contributed by atoms with Gasteiger partial charge in [0.05, 0.1) is 6.67 Å². The quantitative estimate of drug-likeness (QED) is 0.525. The number of hydrogen-bond acceptors (Lipinski definition) is 4. The summed E-state index contributed by atoms with van der Waals surface area (Å²) in [6.07, 6.45) is 1.55. The third-order valence-corrected chi connectivity index (χ3v) is 4.72. The van der Waals surface area contributed by atoms with Crippen LogP contribution in [0.5, 0.6) is 0 Å². The highest BCUT2D eigenvalue weighted by atomic mass is 32.2. The second kappa shape index (κ2) is 5.67. The van der Waals surface area contributed by atoms with E-state index in [2.05, 4.69) is 28.2 Å². The molecule has 2 nitrogen and oxygen atoms in total. The molecule has 0 aliphatic carbocycles. The van der Waals surface area contributed by atoms with Crippen molar-refractivity contribution in [2.24, 2.45) is 0 Å². The van der Waals surface area contributed by atoms with E-state index in [1.807, 2.05) is 18.2 Å². The SMILES string of the molecule is FCCSc1ncnc2sc(-c3ccccc3)cc12. The summed E-state index contributed by atoms with van der Waals surface area (Å²) < 4.78 is 12.3. The topological polar surface area (TPSA) is 25.8 Å². The molecule has 0 spiro atoms. The van der Waals surface area contributed by atoms with Gasteiger partial charge in [0, 0.05) is 16.0 Å². The van der Waals surface area contributed by atoms with Crippen LogP contribution in [-0.2, 0) is 0 Å². The Bertz CT molecular complexity index is 682. The maximum absolute atomic E-state index is 12.3. The molecule has 0 bridgehead atoms. The molecular weight excluding hydrogens is 279 g/mol. The Labute approximate surface area is 118 Å². The normalized spacial score (nSPS) is 11.0. The lowest BCUT2D eigenvalue weighted by molar-refractivity contribution is 0.532. The maximum Gasteiger partial charge on any atom is 0.128 e. The first-order valence-electron chi connectivity index (χ1n) is 5.87. The lowest BCUT2D eigenvalue weighted by Crippen LogP contribution is -1.86. The predicted octanol–water partition coefficient (Wildman–Crippen LogP) is 4.42. The van der Waals surface area contributed by atoms with Gasteiger partial charge in [-0.2, -0.15) is 0 Å². The zero-order valence-corrected chi connectivity index (χ0v) is 11.7. The zero-order chi connectivity index (χ0) is 13.1. The van der Waals surface area contributed by atoms with Crippen molar-refractivity contribution < 1.29 is 4.39 Å². The van der Waals surface area contributed by atoms with Gasteiger partial charge in [-0.15, -0.1) is 23.1 Å². The molecule has 19 heavy (non-hydrogen) atoms. The van der Waals surface area contributed by atoms with Gasteiger partial charge in [0.1, 0.15) is 16.2 Å². The summed E-state index contributed by atoms with van der Waals surface area (Å²) in [5.41, 5.74) is 1.17. The van der Waals surface area contributed by atoms with Crippen molar-refractivity contribution in [2.45, 2.75) is 5.03 Å². The van der Waals surface area contributed by atoms with Crippen molar-refractivity contribution in [2.75, 3.05) is 12.4 Å². The van der Waals surface area contributed by atoms with Gasteiger partial charge in [0.25, 0.3) is 0 Å². The second-order valence-electron chi connectivity index (χ2n) is 3.91. The smallest absolute Gasteiger partial charge is 0.128 e. The van der Waals surface area contributed by atoms with Crippen LogP contribution in [0.15, 0.2) is 47.8 Å². The fraction of sp³-hybridized carbons (Fsp3) is 0.143. The number of aromatic nitrogens is 2. The second-order valence-corrected chi connectivity index (χ2v) is 6.03. The summed E-state index contributed by atoms with van der Waals surface area (Å²) in [4.78, 5) is 10.7. The van der Waals surface area contributed by atoms with Crippen LogP contribution < -0.4 is 0 Å². The Morgan fingerprint density at radius 1 is 1.16 bits per heavy atom. The third-order valence-electron chi connectivity index (χ3n) is 2.67. The number of thiophene rings is 1. The molecule has 0 aliphatic heterocycles. The molecule has 0 saturated carbocycles. The van der Waals surface area contributed by atoms with Gasteiger partial charge in [0.15, 0.2) is 0 Å². The fourth-order valence-corrected chi connectivity index (χ4v) is 3.60. The van der Waals surface area contributed by atoms with E-state index in [4.69, 9.17) is 0 Å². The summed E-state index contributed by atoms with van der Waals surface area (Å²) in [5.74, 6) is 0.433. The van der Waals surface area contributed by atoms with Gasteiger partial charge in [-0.25, -0.2) is 9.97 Å². The van der Waals surface area contributed by atoms with Crippen molar-refractivity contribution in [3.8, 4) is 10.4 Å². The van der Waals surface area contributed by atoms with Crippen molar-refractivity contribution >= 4 is 33.3 Å². The number of benzene rings is 1. The average Bonchev–Trinajstić information content (AvgIpc) is 2.90. The summed E-state index contributed by atoms with van der Waals surface area (Å²) >= 11 is 3.08. The minimum absolute atomic E-state index is 0.341. The minimum atomic E-state index is -0.341. The number of fused-ring (bicyclic) bond motifs is 1. The molecule has 2 heterocycles. The highest BCUT2D eigenvalue weighted by molar-refractivity contribution is 7.99. The standard InChI is InChI=1S/C14H11FN2S2/c15-6-7-18-13-11-8-12(10-4-2-1-3-5-10)19-14(11)17-9-16-13/h1-5,8-9H,6-7H2. The summed E-state index contributed by atoms with van der Waals surface area (Å²) in [6.45, 7) is -0.341. The van der Waals surface area contributed by atoms with Crippen LogP contribution in [0, 0.1) is 0 Å². The molecule has 0 aliphatic rings. The first-order valence-corrected chi connectivity index (χ1v) is 7.67. The minimum Gasteiger partial charge on any atom is -0.250 e. The number of alkyl halides is 1. The molecule has 0 saturated heterocycles. The molecule has 3 aromatic rings. The molecule has 96 valence electrons. The third kappa shape index (κ3) is 2.62. The molecule has 0 amide bonds. The Morgan fingerprint density at radius 3 is 2.79 bits per heavy atom. The molecule has 1 aromatic carbocycles. The Morgan fingerprint density at radius 2 is 2.00 bits per heavy atom. The summed E-state index contributed by atoms with van der Waals surface area (Å²) in [7, 11) is 0. The van der Waals surface area contributed by atoms with Crippen LogP contribution in [0.1, 0.15) is 0 Å². The molecule has 5 heteroatoms. The lowest BCUT2D eigenvalue weighted by Gasteiger charge is -1.98. The first kappa shape index (κ1) is 12.6. The van der Waals surface area contributed by atoms with E-state index in [0.29, 0.717) is 5.75 Å². The van der Waals surface area contributed by atoms with Crippen molar-refractivity contribution in [1.82, 2.24) is 9.97 Å². The molecule has 2 aromatic heterocycles. The van der Waals surface area contributed by atoms with Gasteiger partial charge in [-0.1, -0.05) is 30.3 Å². The van der Waals surface area contributed by atoms with Crippen LogP contribution in [0.25, 0.3) is 20.7 Å². The Hall–Kier alpha value is -1.46. The fourth-order valence-electron chi connectivity index (χ4n) is 1.83. The molecule has 0 N–H and O–H groups in total. The predicted molar refractivity (Wildman–Crippen MR) is 79.6 cm³/mol. The number of rotatable bonds is 4. The van der Waals surface area contributed by atoms with E-state index in [1.165, 1.54) is 17.3 Å². The van der Waals surface area contributed by atoms with E-state index in [9.17, 15) is 4.39 Å². The van der Waals surface area contributed by atoms with E-state index in [1.54, 1.807) is 17.7 Å². The molecule has 0 fully saturated rings. The Kier molecular flexibility index (Phi) is 3.75. The van der Waals surface area contributed by atoms with Crippen LogP contribution >= 0.6 is 23.1 Å². The number of nitrogens with zero attached hydrogens (tertiary/aromatic N) is 2. The first-order chi connectivity index (χ1) is 9.38. The maximum atomic E-state index is 12.3. The van der Waals surface area contributed by atoms with Gasteiger partial charge in [0.2, 0.25) is 0 Å². The van der Waals surface area contributed by atoms with E-state index in [0.717, 1.165) is 20.1 Å². The van der Waals surface area contributed by atoms with Gasteiger partial charge >= 0.3 is 0 Å². The molecule has 0 atom stereocenters. The van der Waals surface area contributed by atoms with Crippen LogP contribution in [0.2, 0.25) is 0 Å². The van der Waals surface area contributed by atoms with Crippen LogP contribution in [0.4, 0.5) is 4.39 Å². The number of thioether (sulfide) groups is 1. The summed E-state index contributed by atoms with van der Waals surface area (Å²) in [5, 5.41) is 1.88. The Balaban J connectivity index is 2.05. The van der Waals surface area contributed by atoms with Crippen LogP contribution in [-0.4, -0.2) is 22.4 Å². The molecular formula is C14H11FN2S2. The molecule has 0 unspecified atom stereocenters. The van der Waals surface area contributed by atoms with Crippen molar-refractivity contribution in [3.63, 3.8) is 0 Å². The van der Waals surface area contributed by atoms with Crippen LogP contribution in [0.3, 0.4) is 0 Å². The lowest BCUT2D eigenvalue weighted by atomic mass is 10.2. The van der Waals surface area contributed by atoms with E-state index >= 15 is 0 Å². The number of hydrogen-bond donors (Lipinski definition) is 0. The average molecular weight is 290 g/mol. The summed E-state index contributed by atoms with van der Waals surface area (Å²) in [6, 6.07) is 12.3.